The summed E-state index contributed by atoms with van der Waals surface area (Å²) in [6, 6.07) is 7.57. The predicted molar refractivity (Wildman–Crippen MR) is 66.5 cm³/mol. The fourth-order valence-corrected chi connectivity index (χ4v) is 4.79. The molecule has 0 unspecified atom stereocenters. The molecule has 96 valence electrons. The second kappa shape index (κ2) is 3.47. The van der Waals surface area contributed by atoms with Crippen molar-refractivity contribution in [3.8, 4) is 0 Å². The van der Waals surface area contributed by atoms with Gasteiger partial charge in [0.05, 0.1) is 11.5 Å². The molecule has 0 amide bonds. The zero-order valence-electron chi connectivity index (χ0n) is 9.67. The molecule has 1 N–H and O–H groups in total. The van der Waals surface area contributed by atoms with Crippen LogP contribution in [0.5, 0.6) is 0 Å². The van der Waals surface area contributed by atoms with Gasteiger partial charge < -0.3 is 10.0 Å². The lowest BCUT2D eigenvalue weighted by molar-refractivity contribution is -0.142. The molecule has 1 saturated heterocycles. The third-order valence-electron chi connectivity index (χ3n) is 3.72. The monoisotopic (exact) mass is 267 g/mol. The summed E-state index contributed by atoms with van der Waals surface area (Å²) in [5, 5.41) is 9.40. The smallest absolute Gasteiger partial charge is 0.331 e. The Morgan fingerprint density at radius 3 is 2.56 bits per heavy atom. The predicted octanol–water partition coefficient (Wildman–Crippen LogP) is 0.301. The van der Waals surface area contributed by atoms with Crippen LogP contribution in [0.25, 0.3) is 0 Å². The zero-order chi connectivity index (χ0) is 13.0. The topological polar surface area (TPSA) is 74.7 Å². The Hall–Kier alpha value is -1.56. The Kier molecular flexibility index (Phi) is 2.22. The highest BCUT2D eigenvalue weighted by Crippen LogP contribution is 2.39. The Balaban J connectivity index is 2.03. The van der Waals surface area contributed by atoms with Gasteiger partial charge in [-0.15, -0.1) is 0 Å². The molecule has 0 atom stereocenters. The molecule has 2 heterocycles. The fourth-order valence-electron chi connectivity index (χ4n) is 2.86. The van der Waals surface area contributed by atoms with E-state index in [1.807, 2.05) is 24.3 Å². The van der Waals surface area contributed by atoms with Gasteiger partial charge in [-0.2, -0.15) is 0 Å². The Morgan fingerprint density at radius 1 is 1.28 bits per heavy atom. The van der Waals surface area contributed by atoms with Crippen LogP contribution in [-0.4, -0.2) is 43.1 Å². The number of sulfone groups is 1. The number of hydrogen-bond acceptors (Lipinski definition) is 4. The summed E-state index contributed by atoms with van der Waals surface area (Å²) >= 11 is 0. The summed E-state index contributed by atoms with van der Waals surface area (Å²) in [5.41, 5.74) is 0.683. The van der Waals surface area contributed by atoms with Gasteiger partial charge in [0.15, 0.2) is 15.4 Å². The normalized spacial score (nSPS) is 23.2. The number of carboxylic acid groups (broad SMARTS) is 1. The molecule has 5 nitrogen and oxygen atoms in total. The summed E-state index contributed by atoms with van der Waals surface area (Å²) in [6.07, 6.45) is 0.769. The second-order valence-electron chi connectivity index (χ2n) is 4.90. The van der Waals surface area contributed by atoms with Crippen molar-refractivity contribution in [2.24, 2.45) is 0 Å². The van der Waals surface area contributed by atoms with E-state index in [0.717, 1.165) is 17.7 Å². The van der Waals surface area contributed by atoms with Crippen LogP contribution in [0.1, 0.15) is 5.56 Å². The first kappa shape index (κ1) is 11.5. The first-order valence-corrected chi connectivity index (χ1v) is 7.56. The largest absolute Gasteiger partial charge is 0.479 e. The summed E-state index contributed by atoms with van der Waals surface area (Å²) in [5.74, 6) is -1.62. The quantitative estimate of drug-likeness (QED) is 0.834. The molecule has 3 rings (SSSR count). The third kappa shape index (κ3) is 1.45. The van der Waals surface area contributed by atoms with Crippen LogP contribution in [-0.2, 0) is 21.1 Å². The van der Waals surface area contributed by atoms with Crippen molar-refractivity contribution in [3.05, 3.63) is 29.8 Å². The summed E-state index contributed by atoms with van der Waals surface area (Å²) < 4.78 is 22.8. The number of aliphatic carboxylic acids is 1. The molecule has 0 aromatic heterocycles. The lowest BCUT2D eigenvalue weighted by Gasteiger charge is -2.45. The van der Waals surface area contributed by atoms with Crippen LogP contribution in [0.3, 0.4) is 0 Å². The average Bonchev–Trinajstić information content (AvgIpc) is 2.68. The minimum absolute atomic E-state index is 0.288. The molecule has 18 heavy (non-hydrogen) atoms. The van der Waals surface area contributed by atoms with Crippen molar-refractivity contribution in [2.75, 3.05) is 23.0 Å². The van der Waals surface area contributed by atoms with Crippen LogP contribution >= 0.6 is 0 Å². The van der Waals surface area contributed by atoms with Gasteiger partial charge in [0, 0.05) is 12.2 Å². The van der Waals surface area contributed by atoms with Crippen LogP contribution in [0, 0.1) is 0 Å². The van der Waals surface area contributed by atoms with E-state index in [2.05, 4.69) is 0 Å². The number of carboxylic acids is 1. The SMILES string of the molecule is O=C(O)C1(N2CCc3ccccc32)CS(=O)(=O)C1. The van der Waals surface area contributed by atoms with E-state index in [1.54, 1.807) is 4.90 Å². The molecule has 1 aromatic rings. The van der Waals surface area contributed by atoms with Crippen molar-refractivity contribution < 1.29 is 18.3 Å². The maximum absolute atomic E-state index is 11.5. The van der Waals surface area contributed by atoms with Gasteiger partial charge in [-0.25, -0.2) is 13.2 Å². The Labute approximate surface area is 105 Å². The molecule has 2 aliphatic heterocycles. The maximum Gasteiger partial charge on any atom is 0.331 e. The lowest BCUT2D eigenvalue weighted by atomic mass is 10.0. The van der Waals surface area contributed by atoms with E-state index >= 15 is 0 Å². The molecule has 0 bridgehead atoms. The number of nitrogens with zero attached hydrogens (tertiary/aromatic N) is 1. The number of para-hydroxylation sites is 1. The highest BCUT2D eigenvalue weighted by Gasteiger charge is 2.59. The number of benzene rings is 1. The van der Waals surface area contributed by atoms with E-state index in [0.29, 0.717) is 6.54 Å². The van der Waals surface area contributed by atoms with Crippen molar-refractivity contribution in [3.63, 3.8) is 0 Å². The van der Waals surface area contributed by atoms with Gasteiger partial charge in [-0.3, -0.25) is 0 Å². The van der Waals surface area contributed by atoms with Gasteiger partial charge in [0.2, 0.25) is 0 Å². The van der Waals surface area contributed by atoms with Crippen LogP contribution in [0.4, 0.5) is 5.69 Å². The number of carbonyl (C=O) groups is 1. The highest BCUT2D eigenvalue weighted by atomic mass is 32.2. The second-order valence-corrected chi connectivity index (χ2v) is 6.96. The van der Waals surface area contributed by atoms with Gasteiger partial charge in [-0.05, 0) is 18.1 Å². The molecular weight excluding hydrogens is 254 g/mol. The summed E-state index contributed by atoms with van der Waals surface area (Å²) in [4.78, 5) is 13.2. The minimum Gasteiger partial charge on any atom is -0.479 e. The molecule has 0 saturated carbocycles. The zero-order valence-corrected chi connectivity index (χ0v) is 10.5. The third-order valence-corrected chi connectivity index (χ3v) is 5.55. The van der Waals surface area contributed by atoms with Crippen molar-refractivity contribution >= 4 is 21.5 Å². The van der Waals surface area contributed by atoms with Crippen LogP contribution in [0.2, 0.25) is 0 Å². The number of fused-ring (bicyclic) bond motifs is 1. The van der Waals surface area contributed by atoms with E-state index < -0.39 is 21.3 Å². The molecular formula is C12H13NO4S. The van der Waals surface area contributed by atoms with Crippen LogP contribution in [0.15, 0.2) is 24.3 Å². The number of rotatable bonds is 2. The fraction of sp³-hybridized carbons (Fsp3) is 0.417. The number of hydrogen-bond donors (Lipinski definition) is 1. The van der Waals surface area contributed by atoms with Gasteiger partial charge in [0.1, 0.15) is 0 Å². The van der Waals surface area contributed by atoms with Crippen molar-refractivity contribution in [1.29, 1.82) is 0 Å². The molecule has 0 radical (unpaired) electrons. The Bertz CT molecular complexity index is 611. The standard InChI is InChI=1S/C12H13NO4S/c14-11(15)12(7-18(16,17)8-12)13-6-5-9-3-1-2-4-10(9)13/h1-4H,5-8H2,(H,14,15). The van der Waals surface area contributed by atoms with E-state index in [1.165, 1.54) is 0 Å². The highest BCUT2D eigenvalue weighted by molar-refractivity contribution is 7.93. The lowest BCUT2D eigenvalue weighted by Crippen LogP contribution is -2.70. The molecule has 0 spiro atoms. The summed E-state index contributed by atoms with van der Waals surface area (Å²) in [6.45, 7) is 0.571. The van der Waals surface area contributed by atoms with Crippen molar-refractivity contribution in [2.45, 2.75) is 12.0 Å². The molecule has 1 fully saturated rings. The Morgan fingerprint density at radius 2 is 1.94 bits per heavy atom. The molecule has 1 aromatic carbocycles. The first-order valence-electron chi connectivity index (χ1n) is 5.74. The first-order chi connectivity index (χ1) is 8.45. The van der Waals surface area contributed by atoms with E-state index in [9.17, 15) is 18.3 Å². The minimum atomic E-state index is -3.20. The summed E-state index contributed by atoms with van der Waals surface area (Å²) in [7, 11) is -3.20. The van der Waals surface area contributed by atoms with Gasteiger partial charge in [0.25, 0.3) is 0 Å². The van der Waals surface area contributed by atoms with Gasteiger partial charge in [-0.1, -0.05) is 18.2 Å². The van der Waals surface area contributed by atoms with Crippen molar-refractivity contribution in [1.82, 2.24) is 0 Å². The van der Waals surface area contributed by atoms with Crippen LogP contribution < -0.4 is 4.90 Å². The molecule has 0 aliphatic carbocycles. The van der Waals surface area contributed by atoms with E-state index in [-0.39, 0.29) is 11.5 Å². The molecule has 6 heteroatoms. The maximum atomic E-state index is 11.5. The van der Waals surface area contributed by atoms with E-state index in [4.69, 9.17) is 0 Å². The van der Waals surface area contributed by atoms with Gasteiger partial charge >= 0.3 is 5.97 Å². The number of anilines is 1. The molecule has 2 aliphatic rings. The average molecular weight is 267 g/mol.